The maximum Gasteiger partial charge on any atom is 0.240 e. The van der Waals surface area contributed by atoms with Crippen molar-refractivity contribution in [3.05, 3.63) is 30.3 Å². The summed E-state index contributed by atoms with van der Waals surface area (Å²) < 4.78 is 26.1. The Kier molecular flexibility index (Phi) is 7.95. The van der Waals surface area contributed by atoms with Crippen molar-refractivity contribution in [2.75, 3.05) is 27.2 Å². The largest absolute Gasteiger partial charge is 0.370 e. The van der Waals surface area contributed by atoms with Crippen molar-refractivity contribution >= 4 is 40.0 Å². The van der Waals surface area contributed by atoms with Crippen LogP contribution in [0.1, 0.15) is 0 Å². The van der Waals surface area contributed by atoms with Crippen molar-refractivity contribution < 1.29 is 8.42 Å². The lowest BCUT2D eigenvalue weighted by molar-refractivity contribution is 0.580. The van der Waals surface area contributed by atoms with Gasteiger partial charge in [0.2, 0.25) is 10.0 Å². The zero-order valence-corrected chi connectivity index (χ0v) is 14.1. The third-order valence-corrected chi connectivity index (χ3v) is 3.67. The molecule has 0 heterocycles. The Morgan fingerprint density at radius 3 is 2.42 bits per heavy atom. The maximum absolute atomic E-state index is 11.8. The highest BCUT2D eigenvalue weighted by atomic mass is 127. The smallest absolute Gasteiger partial charge is 0.240 e. The quantitative estimate of drug-likeness (QED) is 0.327. The molecule has 0 radical (unpaired) electrons. The molecule has 0 aromatic heterocycles. The number of nitrogens with one attached hydrogen (secondary N) is 1. The van der Waals surface area contributed by atoms with Gasteiger partial charge in [-0.15, -0.1) is 24.0 Å². The lowest BCUT2D eigenvalue weighted by Crippen LogP contribution is -2.32. The van der Waals surface area contributed by atoms with Gasteiger partial charge in [0.25, 0.3) is 0 Å². The first-order valence-electron chi connectivity index (χ1n) is 5.45. The van der Waals surface area contributed by atoms with E-state index in [1.807, 2.05) is 0 Å². The number of guanidine groups is 1. The van der Waals surface area contributed by atoms with Crippen LogP contribution in [0.2, 0.25) is 0 Å². The standard InChI is InChI=1S/C11H18N4O2S.HI/c1-15(2)11(12)13-8-9-14-18(16,17)10-6-4-3-5-7-10;/h3-7,14H,8-9H2,1-2H3,(H2,12,13);1H. The van der Waals surface area contributed by atoms with E-state index < -0.39 is 10.0 Å². The minimum atomic E-state index is -3.45. The van der Waals surface area contributed by atoms with Crippen LogP contribution in [0.25, 0.3) is 0 Å². The molecule has 0 bridgehead atoms. The van der Waals surface area contributed by atoms with E-state index in [4.69, 9.17) is 5.73 Å². The van der Waals surface area contributed by atoms with E-state index in [0.29, 0.717) is 12.5 Å². The highest BCUT2D eigenvalue weighted by Crippen LogP contribution is 2.06. The fourth-order valence-corrected chi connectivity index (χ4v) is 2.22. The Labute approximate surface area is 131 Å². The highest BCUT2D eigenvalue weighted by Gasteiger charge is 2.11. The number of hydrogen-bond donors (Lipinski definition) is 2. The van der Waals surface area contributed by atoms with E-state index in [1.54, 1.807) is 49.3 Å². The second-order valence-electron chi connectivity index (χ2n) is 3.85. The SMILES string of the molecule is CN(C)C(N)=NCCNS(=O)(=O)c1ccccc1.I. The van der Waals surface area contributed by atoms with Gasteiger partial charge in [-0.25, -0.2) is 13.1 Å². The molecule has 0 aliphatic carbocycles. The number of nitrogens with zero attached hydrogens (tertiary/aromatic N) is 2. The number of halogens is 1. The molecule has 1 aromatic carbocycles. The Bertz CT molecular complexity index is 503. The van der Waals surface area contributed by atoms with E-state index in [9.17, 15) is 8.42 Å². The van der Waals surface area contributed by atoms with Crippen LogP contribution in [0.4, 0.5) is 0 Å². The zero-order valence-electron chi connectivity index (χ0n) is 10.9. The van der Waals surface area contributed by atoms with Crippen LogP contribution >= 0.6 is 24.0 Å². The maximum atomic E-state index is 11.8. The molecule has 1 rings (SSSR count). The van der Waals surface area contributed by atoms with Crippen molar-refractivity contribution in [3.8, 4) is 0 Å². The molecule has 3 N–H and O–H groups in total. The summed E-state index contributed by atoms with van der Waals surface area (Å²) in [4.78, 5) is 5.92. The summed E-state index contributed by atoms with van der Waals surface area (Å²) in [5, 5.41) is 0. The van der Waals surface area contributed by atoms with Crippen LogP contribution in [-0.4, -0.2) is 46.5 Å². The number of nitrogens with two attached hydrogens (primary N) is 1. The van der Waals surface area contributed by atoms with Crippen LogP contribution in [0.15, 0.2) is 40.2 Å². The molecule has 0 spiro atoms. The molecule has 0 amide bonds. The second kappa shape index (κ2) is 8.33. The molecule has 0 saturated carbocycles. The van der Waals surface area contributed by atoms with Gasteiger partial charge in [-0.2, -0.15) is 0 Å². The summed E-state index contributed by atoms with van der Waals surface area (Å²) in [6, 6.07) is 8.20. The Hall–Kier alpha value is -0.870. The summed E-state index contributed by atoms with van der Waals surface area (Å²) in [5.41, 5.74) is 5.58. The minimum absolute atomic E-state index is 0. The number of rotatable bonds is 5. The molecule has 108 valence electrons. The molecule has 0 atom stereocenters. The lowest BCUT2D eigenvalue weighted by Gasteiger charge is -2.10. The lowest BCUT2D eigenvalue weighted by atomic mass is 10.4. The highest BCUT2D eigenvalue weighted by molar-refractivity contribution is 14.0. The predicted molar refractivity (Wildman–Crippen MR) is 87.2 cm³/mol. The number of hydrogen-bond acceptors (Lipinski definition) is 3. The van der Waals surface area contributed by atoms with Crippen LogP contribution in [-0.2, 0) is 10.0 Å². The van der Waals surface area contributed by atoms with E-state index in [1.165, 1.54) is 0 Å². The monoisotopic (exact) mass is 398 g/mol. The first kappa shape index (κ1) is 18.1. The summed E-state index contributed by atoms with van der Waals surface area (Å²) in [5.74, 6) is 0.369. The number of aliphatic imine (C=N–C) groups is 1. The van der Waals surface area contributed by atoms with E-state index in [-0.39, 0.29) is 35.4 Å². The van der Waals surface area contributed by atoms with Gasteiger partial charge in [0, 0.05) is 20.6 Å². The predicted octanol–water partition coefficient (Wildman–Crippen LogP) is 0.459. The van der Waals surface area contributed by atoms with Crippen LogP contribution in [0, 0.1) is 0 Å². The molecular weight excluding hydrogens is 379 g/mol. The van der Waals surface area contributed by atoms with Crippen molar-refractivity contribution in [3.63, 3.8) is 0 Å². The molecule has 0 fully saturated rings. The number of sulfonamides is 1. The van der Waals surface area contributed by atoms with Crippen molar-refractivity contribution in [2.24, 2.45) is 10.7 Å². The fraction of sp³-hybridized carbons (Fsp3) is 0.364. The van der Waals surface area contributed by atoms with Gasteiger partial charge < -0.3 is 10.6 Å². The molecule has 0 aliphatic rings. The molecule has 19 heavy (non-hydrogen) atoms. The van der Waals surface area contributed by atoms with E-state index in [0.717, 1.165) is 0 Å². The molecule has 0 saturated heterocycles. The van der Waals surface area contributed by atoms with Gasteiger partial charge >= 0.3 is 0 Å². The normalized spacial score (nSPS) is 11.8. The van der Waals surface area contributed by atoms with Crippen LogP contribution < -0.4 is 10.5 Å². The van der Waals surface area contributed by atoms with Gasteiger partial charge in [-0.3, -0.25) is 4.99 Å². The molecule has 1 aromatic rings. The zero-order chi connectivity index (χ0) is 13.6. The van der Waals surface area contributed by atoms with E-state index in [2.05, 4.69) is 9.71 Å². The average Bonchev–Trinajstić information content (AvgIpc) is 2.35. The first-order valence-corrected chi connectivity index (χ1v) is 6.94. The van der Waals surface area contributed by atoms with Crippen molar-refractivity contribution in [1.82, 2.24) is 9.62 Å². The summed E-state index contributed by atoms with van der Waals surface area (Å²) in [6.07, 6.45) is 0. The first-order chi connectivity index (χ1) is 8.43. The molecular formula is C11H19IN4O2S. The van der Waals surface area contributed by atoms with Crippen LogP contribution in [0.3, 0.4) is 0 Å². The van der Waals surface area contributed by atoms with Gasteiger partial charge in [0.05, 0.1) is 11.4 Å². The Balaban J connectivity index is 0.00000324. The third kappa shape index (κ3) is 6.21. The summed E-state index contributed by atoms with van der Waals surface area (Å²) in [7, 11) is 0.0895. The van der Waals surface area contributed by atoms with E-state index >= 15 is 0 Å². The third-order valence-electron chi connectivity index (χ3n) is 2.19. The Morgan fingerprint density at radius 1 is 1.32 bits per heavy atom. The van der Waals surface area contributed by atoms with Crippen molar-refractivity contribution in [2.45, 2.75) is 4.90 Å². The minimum Gasteiger partial charge on any atom is -0.370 e. The molecule has 0 unspecified atom stereocenters. The summed E-state index contributed by atoms with van der Waals surface area (Å²) >= 11 is 0. The van der Waals surface area contributed by atoms with Gasteiger partial charge in [-0.05, 0) is 12.1 Å². The van der Waals surface area contributed by atoms with Gasteiger partial charge in [-0.1, -0.05) is 18.2 Å². The molecule has 0 aliphatic heterocycles. The summed E-state index contributed by atoms with van der Waals surface area (Å²) in [6.45, 7) is 0.516. The topological polar surface area (TPSA) is 87.8 Å². The average molecular weight is 398 g/mol. The molecule has 8 heteroatoms. The van der Waals surface area contributed by atoms with Crippen molar-refractivity contribution in [1.29, 1.82) is 0 Å². The fourth-order valence-electron chi connectivity index (χ4n) is 1.17. The molecule has 6 nitrogen and oxygen atoms in total. The van der Waals surface area contributed by atoms with Crippen LogP contribution in [0.5, 0.6) is 0 Å². The van der Waals surface area contributed by atoms with Gasteiger partial charge in [0.15, 0.2) is 5.96 Å². The van der Waals surface area contributed by atoms with Gasteiger partial charge in [0.1, 0.15) is 0 Å². The second-order valence-corrected chi connectivity index (χ2v) is 5.61. The number of benzene rings is 1. The Morgan fingerprint density at radius 2 is 1.89 bits per heavy atom.